The standard InChI is InChI=1S/C17H19FN2O3S/c1-12(13-4-8-15(18)9-5-13)19-17(21)14-6-10-16(11-7-14)20(2)24(3,22)23/h4-12H,1-3H3,(H,19,21)/t12-/m0/s1. The van der Waals surface area contributed by atoms with Crippen LogP contribution in [0.2, 0.25) is 0 Å². The highest BCUT2D eigenvalue weighted by Gasteiger charge is 2.14. The smallest absolute Gasteiger partial charge is 0.251 e. The van der Waals surface area contributed by atoms with Gasteiger partial charge in [0.25, 0.3) is 5.91 Å². The third-order valence-electron chi connectivity index (χ3n) is 3.71. The van der Waals surface area contributed by atoms with E-state index in [1.54, 1.807) is 43.3 Å². The summed E-state index contributed by atoms with van der Waals surface area (Å²) in [5.41, 5.74) is 1.67. The topological polar surface area (TPSA) is 66.5 Å². The fourth-order valence-electron chi connectivity index (χ4n) is 2.13. The number of nitrogens with zero attached hydrogens (tertiary/aromatic N) is 1. The number of anilines is 1. The predicted octanol–water partition coefficient (Wildman–Crippen LogP) is 2.71. The Morgan fingerprint density at radius 1 is 1.08 bits per heavy atom. The fourth-order valence-corrected chi connectivity index (χ4v) is 2.63. The van der Waals surface area contributed by atoms with Crippen molar-refractivity contribution in [2.24, 2.45) is 0 Å². The van der Waals surface area contributed by atoms with Crippen molar-refractivity contribution in [2.75, 3.05) is 17.6 Å². The number of carbonyl (C=O) groups excluding carboxylic acids is 1. The first-order valence-electron chi connectivity index (χ1n) is 7.29. The Morgan fingerprint density at radius 3 is 2.12 bits per heavy atom. The molecule has 1 N–H and O–H groups in total. The number of carbonyl (C=O) groups is 1. The van der Waals surface area contributed by atoms with Gasteiger partial charge in [0, 0.05) is 12.6 Å². The summed E-state index contributed by atoms with van der Waals surface area (Å²) in [6.07, 6.45) is 1.11. The molecule has 0 radical (unpaired) electrons. The molecular formula is C17H19FN2O3S. The van der Waals surface area contributed by atoms with Crippen LogP contribution in [-0.2, 0) is 10.0 Å². The number of nitrogens with one attached hydrogen (secondary N) is 1. The van der Waals surface area contributed by atoms with Gasteiger partial charge in [0.15, 0.2) is 0 Å². The van der Waals surface area contributed by atoms with Crippen molar-refractivity contribution < 1.29 is 17.6 Å². The molecule has 0 aliphatic carbocycles. The van der Waals surface area contributed by atoms with E-state index in [1.165, 1.54) is 19.2 Å². The van der Waals surface area contributed by atoms with Crippen LogP contribution < -0.4 is 9.62 Å². The molecule has 2 aromatic carbocycles. The number of hydrogen-bond donors (Lipinski definition) is 1. The molecule has 0 unspecified atom stereocenters. The lowest BCUT2D eigenvalue weighted by Crippen LogP contribution is -2.27. The molecule has 2 aromatic rings. The van der Waals surface area contributed by atoms with Gasteiger partial charge in [-0.05, 0) is 48.9 Å². The van der Waals surface area contributed by atoms with Crippen LogP contribution in [0.3, 0.4) is 0 Å². The summed E-state index contributed by atoms with van der Waals surface area (Å²) >= 11 is 0. The van der Waals surface area contributed by atoms with Gasteiger partial charge in [-0.3, -0.25) is 9.10 Å². The molecule has 2 rings (SSSR count). The van der Waals surface area contributed by atoms with E-state index in [0.717, 1.165) is 16.1 Å². The first kappa shape index (κ1) is 17.9. The van der Waals surface area contributed by atoms with E-state index in [-0.39, 0.29) is 17.8 Å². The second kappa shape index (κ2) is 7.00. The summed E-state index contributed by atoms with van der Waals surface area (Å²) in [4.78, 5) is 12.3. The third kappa shape index (κ3) is 4.32. The molecule has 0 saturated carbocycles. The van der Waals surface area contributed by atoms with Crippen LogP contribution in [0.1, 0.15) is 28.9 Å². The summed E-state index contributed by atoms with van der Waals surface area (Å²) in [5.74, 6) is -0.622. The normalized spacial score (nSPS) is 12.5. The Labute approximate surface area is 141 Å². The van der Waals surface area contributed by atoms with Crippen LogP contribution in [0.25, 0.3) is 0 Å². The van der Waals surface area contributed by atoms with Crippen molar-refractivity contribution in [1.29, 1.82) is 0 Å². The van der Waals surface area contributed by atoms with Gasteiger partial charge in [-0.25, -0.2) is 12.8 Å². The predicted molar refractivity (Wildman–Crippen MR) is 92.0 cm³/mol. The molecule has 0 aromatic heterocycles. The zero-order valence-corrected chi connectivity index (χ0v) is 14.5. The van der Waals surface area contributed by atoms with Crippen LogP contribution in [-0.4, -0.2) is 27.6 Å². The second-order valence-electron chi connectivity index (χ2n) is 5.52. The van der Waals surface area contributed by atoms with E-state index < -0.39 is 10.0 Å². The van der Waals surface area contributed by atoms with Gasteiger partial charge < -0.3 is 5.32 Å². The first-order valence-corrected chi connectivity index (χ1v) is 9.13. The summed E-state index contributed by atoms with van der Waals surface area (Å²) in [6, 6.07) is 11.9. The van der Waals surface area contributed by atoms with Crippen LogP contribution in [0.15, 0.2) is 48.5 Å². The van der Waals surface area contributed by atoms with Crippen LogP contribution in [0.4, 0.5) is 10.1 Å². The van der Waals surface area contributed by atoms with Crippen LogP contribution in [0.5, 0.6) is 0 Å². The summed E-state index contributed by atoms with van der Waals surface area (Å²) in [5, 5.41) is 2.82. The molecule has 0 spiro atoms. The molecule has 0 aliphatic heterocycles. The molecular weight excluding hydrogens is 331 g/mol. The van der Waals surface area contributed by atoms with E-state index in [0.29, 0.717) is 11.3 Å². The number of sulfonamides is 1. The van der Waals surface area contributed by atoms with Crippen molar-refractivity contribution in [1.82, 2.24) is 5.32 Å². The minimum atomic E-state index is -3.35. The number of benzene rings is 2. The van der Waals surface area contributed by atoms with Gasteiger partial charge in [-0.2, -0.15) is 0 Å². The van der Waals surface area contributed by atoms with E-state index in [1.807, 2.05) is 0 Å². The van der Waals surface area contributed by atoms with Crippen molar-refractivity contribution in [3.05, 3.63) is 65.5 Å². The van der Waals surface area contributed by atoms with E-state index in [9.17, 15) is 17.6 Å². The highest BCUT2D eigenvalue weighted by atomic mass is 32.2. The average Bonchev–Trinajstić information content (AvgIpc) is 2.54. The highest BCUT2D eigenvalue weighted by molar-refractivity contribution is 7.92. The molecule has 1 atom stereocenters. The Hall–Kier alpha value is -2.41. The zero-order valence-electron chi connectivity index (χ0n) is 13.7. The van der Waals surface area contributed by atoms with Gasteiger partial charge in [-0.15, -0.1) is 0 Å². The molecule has 0 aliphatic rings. The minimum Gasteiger partial charge on any atom is -0.346 e. The average molecular weight is 350 g/mol. The summed E-state index contributed by atoms with van der Waals surface area (Å²) in [6.45, 7) is 1.80. The third-order valence-corrected chi connectivity index (χ3v) is 4.91. The largest absolute Gasteiger partial charge is 0.346 e. The molecule has 7 heteroatoms. The number of rotatable bonds is 5. The van der Waals surface area contributed by atoms with Gasteiger partial charge >= 0.3 is 0 Å². The summed E-state index contributed by atoms with van der Waals surface area (Å²) in [7, 11) is -1.90. The second-order valence-corrected chi connectivity index (χ2v) is 7.54. The van der Waals surface area contributed by atoms with Gasteiger partial charge in [0.2, 0.25) is 10.0 Å². The van der Waals surface area contributed by atoms with Crippen molar-refractivity contribution in [2.45, 2.75) is 13.0 Å². The monoisotopic (exact) mass is 350 g/mol. The minimum absolute atomic E-state index is 0.281. The molecule has 0 bridgehead atoms. The molecule has 5 nitrogen and oxygen atoms in total. The Morgan fingerprint density at radius 2 is 1.62 bits per heavy atom. The van der Waals surface area contributed by atoms with Crippen LogP contribution in [0, 0.1) is 5.82 Å². The van der Waals surface area contributed by atoms with Crippen molar-refractivity contribution >= 4 is 21.6 Å². The number of halogens is 1. The maximum absolute atomic E-state index is 12.9. The van der Waals surface area contributed by atoms with Gasteiger partial charge in [0.1, 0.15) is 5.82 Å². The van der Waals surface area contributed by atoms with E-state index >= 15 is 0 Å². The quantitative estimate of drug-likeness (QED) is 0.902. The highest BCUT2D eigenvalue weighted by Crippen LogP contribution is 2.18. The fraction of sp³-hybridized carbons (Fsp3) is 0.235. The van der Waals surface area contributed by atoms with Gasteiger partial charge in [-0.1, -0.05) is 12.1 Å². The molecule has 0 saturated heterocycles. The molecule has 0 heterocycles. The lowest BCUT2D eigenvalue weighted by molar-refractivity contribution is 0.0940. The maximum Gasteiger partial charge on any atom is 0.251 e. The number of hydrogen-bond acceptors (Lipinski definition) is 3. The lowest BCUT2D eigenvalue weighted by atomic mass is 10.1. The van der Waals surface area contributed by atoms with Crippen LogP contribution >= 0.6 is 0 Å². The lowest BCUT2D eigenvalue weighted by Gasteiger charge is -2.17. The molecule has 0 fully saturated rings. The molecule has 24 heavy (non-hydrogen) atoms. The Kier molecular flexibility index (Phi) is 5.23. The SMILES string of the molecule is C[C@H](NC(=O)c1ccc(N(C)S(C)(=O)=O)cc1)c1ccc(F)cc1. The first-order chi connectivity index (χ1) is 11.2. The van der Waals surface area contributed by atoms with Gasteiger partial charge in [0.05, 0.1) is 18.0 Å². The maximum atomic E-state index is 12.9. The Bertz CT molecular complexity index is 818. The van der Waals surface area contributed by atoms with Crippen molar-refractivity contribution in [3.63, 3.8) is 0 Å². The summed E-state index contributed by atoms with van der Waals surface area (Å²) < 4.78 is 37.1. The Balaban J connectivity index is 2.09. The number of amides is 1. The van der Waals surface area contributed by atoms with E-state index in [2.05, 4.69) is 5.32 Å². The zero-order chi connectivity index (χ0) is 17.9. The molecule has 128 valence electrons. The molecule has 1 amide bonds. The van der Waals surface area contributed by atoms with E-state index in [4.69, 9.17) is 0 Å². The van der Waals surface area contributed by atoms with Crippen molar-refractivity contribution in [3.8, 4) is 0 Å².